The molecule has 0 unspecified atom stereocenters. The predicted molar refractivity (Wildman–Crippen MR) is 81.3 cm³/mol. The van der Waals surface area contributed by atoms with Crippen LogP contribution in [0.4, 0.5) is 5.69 Å². The molecule has 4 nitrogen and oxygen atoms in total. The summed E-state index contributed by atoms with van der Waals surface area (Å²) in [6.07, 6.45) is 0.240. The van der Waals surface area contributed by atoms with Gasteiger partial charge in [0.05, 0.1) is 6.42 Å². The van der Waals surface area contributed by atoms with Gasteiger partial charge in [-0.2, -0.15) is 5.26 Å². The number of nitrogens with one attached hydrogen (secondary N) is 1. The van der Waals surface area contributed by atoms with E-state index in [9.17, 15) is 4.79 Å². The zero-order valence-electron chi connectivity index (χ0n) is 11.2. The maximum absolute atomic E-state index is 12.0. The van der Waals surface area contributed by atoms with Gasteiger partial charge in [-0.25, -0.2) is 0 Å². The van der Waals surface area contributed by atoms with Gasteiger partial charge < -0.3 is 10.1 Å². The van der Waals surface area contributed by atoms with E-state index in [4.69, 9.17) is 21.6 Å². The van der Waals surface area contributed by atoms with E-state index in [-0.39, 0.29) is 18.9 Å². The first kappa shape index (κ1) is 14.9. The van der Waals surface area contributed by atoms with E-state index in [0.717, 1.165) is 5.56 Å². The number of hydrogen-bond donors (Lipinski definition) is 1. The Bertz CT molecular complexity index is 680. The molecule has 21 heavy (non-hydrogen) atoms. The van der Waals surface area contributed by atoms with E-state index in [2.05, 4.69) is 5.32 Å². The molecule has 0 atom stereocenters. The molecule has 0 bridgehead atoms. The Morgan fingerprint density at radius 3 is 2.81 bits per heavy atom. The van der Waals surface area contributed by atoms with Crippen molar-refractivity contribution in [3.63, 3.8) is 0 Å². The maximum Gasteiger partial charge on any atom is 0.228 e. The second kappa shape index (κ2) is 7.32. The van der Waals surface area contributed by atoms with Crippen LogP contribution in [0.25, 0.3) is 0 Å². The van der Waals surface area contributed by atoms with Crippen LogP contribution < -0.4 is 10.1 Å². The normalized spacial score (nSPS) is 9.71. The molecule has 106 valence electrons. The Hall–Kier alpha value is -2.51. The Morgan fingerprint density at radius 2 is 2.05 bits per heavy atom. The zero-order chi connectivity index (χ0) is 15.1. The second-order valence-corrected chi connectivity index (χ2v) is 4.77. The number of amides is 1. The van der Waals surface area contributed by atoms with Crippen molar-refractivity contribution in [1.82, 2.24) is 0 Å². The quantitative estimate of drug-likeness (QED) is 0.920. The lowest BCUT2D eigenvalue weighted by atomic mass is 10.1. The molecule has 0 saturated heterocycles. The summed E-state index contributed by atoms with van der Waals surface area (Å²) in [5.41, 5.74) is 1.47. The van der Waals surface area contributed by atoms with Gasteiger partial charge in [-0.1, -0.05) is 29.8 Å². The molecule has 0 heterocycles. The highest BCUT2D eigenvalue weighted by atomic mass is 35.5. The summed E-state index contributed by atoms with van der Waals surface area (Å²) in [7, 11) is 0. The van der Waals surface area contributed by atoms with Crippen molar-refractivity contribution in [3.05, 3.63) is 59.1 Å². The number of nitrogens with zero attached hydrogens (tertiary/aromatic N) is 1. The second-order valence-electron chi connectivity index (χ2n) is 4.33. The van der Waals surface area contributed by atoms with Gasteiger partial charge in [0.1, 0.15) is 11.8 Å². The summed E-state index contributed by atoms with van der Waals surface area (Å²) >= 11 is 5.88. The molecule has 0 saturated carbocycles. The van der Waals surface area contributed by atoms with E-state index in [1.165, 1.54) is 0 Å². The van der Waals surface area contributed by atoms with Gasteiger partial charge in [-0.15, -0.1) is 0 Å². The van der Waals surface area contributed by atoms with E-state index in [1.807, 2.05) is 12.1 Å². The minimum absolute atomic E-state index is 0.0279. The molecule has 2 aromatic carbocycles. The summed E-state index contributed by atoms with van der Waals surface area (Å²) in [6, 6.07) is 16.0. The fraction of sp³-hybridized carbons (Fsp3) is 0.125. The average molecular weight is 301 g/mol. The third kappa shape index (κ3) is 4.83. The SMILES string of the molecule is N#CCOc1cccc(NC(=O)Cc2cccc(Cl)c2)c1. The summed E-state index contributed by atoms with van der Waals surface area (Å²) in [6.45, 7) is -0.0279. The summed E-state index contributed by atoms with van der Waals surface area (Å²) in [5.74, 6) is 0.395. The van der Waals surface area contributed by atoms with Crippen LogP contribution in [0.15, 0.2) is 48.5 Å². The third-order valence-corrected chi connectivity index (χ3v) is 2.91. The van der Waals surface area contributed by atoms with Crippen LogP contribution >= 0.6 is 11.6 Å². The van der Waals surface area contributed by atoms with Crippen molar-refractivity contribution in [2.75, 3.05) is 11.9 Å². The van der Waals surface area contributed by atoms with Crippen molar-refractivity contribution >= 4 is 23.2 Å². The number of hydrogen-bond acceptors (Lipinski definition) is 3. The van der Waals surface area contributed by atoms with Crippen LogP contribution in [0.3, 0.4) is 0 Å². The Morgan fingerprint density at radius 1 is 1.24 bits per heavy atom. The molecule has 0 aromatic heterocycles. The van der Waals surface area contributed by atoms with Gasteiger partial charge in [-0.3, -0.25) is 4.79 Å². The standard InChI is InChI=1S/C16H13ClN2O2/c17-13-4-1-3-12(9-13)10-16(20)19-14-5-2-6-15(11-14)21-8-7-18/h1-6,9,11H,8,10H2,(H,19,20). The van der Waals surface area contributed by atoms with Crippen molar-refractivity contribution in [2.45, 2.75) is 6.42 Å². The molecule has 0 spiro atoms. The van der Waals surface area contributed by atoms with Gasteiger partial charge in [0.2, 0.25) is 5.91 Å². The van der Waals surface area contributed by atoms with Crippen molar-refractivity contribution in [3.8, 4) is 11.8 Å². The number of anilines is 1. The number of carbonyl (C=O) groups is 1. The van der Waals surface area contributed by atoms with Gasteiger partial charge in [0.15, 0.2) is 6.61 Å². The number of halogens is 1. The summed E-state index contributed by atoms with van der Waals surface area (Å²) in [5, 5.41) is 11.9. The molecule has 0 aliphatic carbocycles. The summed E-state index contributed by atoms with van der Waals surface area (Å²) in [4.78, 5) is 12.0. The minimum Gasteiger partial charge on any atom is -0.479 e. The first-order chi connectivity index (χ1) is 10.2. The number of ether oxygens (including phenoxy) is 1. The fourth-order valence-corrected chi connectivity index (χ4v) is 2.03. The topological polar surface area (TPSA) is 62.1 Å². The smallest absolute Gasteiger partial charge is 0.228 e. The van der Waals surface area contributed by atoms with Crippen molar-refractivity contribution < 1.29 is 9.53 Å². The van der Waals surface area contributed by atoms with E-state index < -0.39 is 0 Å². The van der Waals surface area contributed by atoms with Crippen molar-refractivity contribution in [1.29, 1.82) is 5.26 Å². The molecule has 2 aromatic rings. The van der Waals surface area contributed by atoms with Crippen LogP contribution in [0.2, 0.25) is 5.02 Å². The number of benzene rings is 2. The highest BCUT2D eigenvalue weighted by molar-refractivity contribution is 6.30. The lowest BCUT2D eigenvalue weighted by Gasteiger charge is -2.07. The molecule has 0 aliphatic rings. The highest BCUT2D eigenvalue weighted by Gasteiger charge is 2.05. The lowest BCUT2D eigenvalue weighted by molar-refractivity contribution is -0.115. The maximum atomic E-state index is 12.0. The predicted octanol–water partition coefficient (Wildman–Crippen LogP) is 3.42. The fourth-order valence-electron chi connectivity index (χ4n) is 1.82. The molecular formula is C16H13ClN2O2. The van der Waals surface area contributed by atoms with Gasteiger partial charge >= 0.3 is 0 Å². The lowest BCUT2D eigenvalue weighted by Crippen LogP contribution is -2.14. The molecule has 0 aliphatic heterocycles. The van der Waals surface area contributed by atoms with Crippen LogP contribution in [0.5, 0.6) is 5.75 Å². The molecule has 5 heteroatoms. The van der Waals surface area contributed by atoms with E-state index >= 15 is 0 Å². The Balaban J connectivity index is 1.98. The first-order valence-corrected chi connectivity index (χ1v) is 6.69. The van der Waals surface area contributed by atoms with Crippen LogP contribution in [0, 0.1) is 11.3 Å². The third-order valence-electron chi connectivity index (χ3n) is 2.67. The first-order valence-electron chi connectivity index (χ1n) is 6.31. The van der Waals surface area contributed by atoms with Gasteiger partial charge in [-0.05, 0) is 29.8 Å². The largest absolute Gasteiger partial charge is 0.479 e. The monoisotopic (exact) mass is 300 g/mol. The highest BCUT2D eigenvalue weighted by Crippen LogP contribution is 2.18. The van der Waals surface area contributed by atoms with Crippen LogP contribution in [0.1, 0.15) is 5.56 Å². The Labute approximate surface area is 127 Å². The van der Waals surface area contributed by atoms with Gasteiger partial charge in [0, 0.05) is 16.8 Å². The number of carbonyl (C=O) groups excluding carboxylic acids is 1. The Kier molecular flexibility index (Phi) is 5.19. The van der Waals surface area contributed by atoms with E-state index in [0.29, 0.717) is 16.5 Å². The van der Waals surface area contributed by atoms with Gasteiger partial charge in [0.25, 0.3) is 0 Å². The van der Waals surface area contributed by atoms with Crippen LogP contribution in [-0.4, -0.2) is 12.5 Å². The molecule has 0 fully saturated rings. The number of nitriles is 1. The molecular weight excluding hydrogens is 288 g/mol. The molecule has 1 amide bonds. The number of rotatable bonds is 5. The van der Waals surface area contributed by atoms with E-state index in [1.54, 1.807) is 42.5 Å². The molecule has 2 rings (SSSR count). The summed E-state index contributed by atoms with van der Waals surface area (Å²) < 4.78 is 5.18. The molecule has 1 N–H and O–H groups in total. The molecule has 0 radical (unpaired) electrons. The average Bonchev–Trinajstić information content (AvgIpc) is 2.45. The van der Waals surface area contributed by atoms with Crippen LogP contribution in [-0.2, 0) is 11.2 Å². The van der Waals surface area contributed by atoms with Crippen molar-refractivity contribution in [2.24, 2.45) is 0 Å². The minimum atomic E-state index is -0.144. The zero-order valence-corrected chi connectivity index (χ0v) is 11.9.